The molecule has 1 aliphatic heterocycles. The Morgan fingerprint density at radius 3 is 2.56 bits per heavy atom. The second-order valence-electron chi connectivity index (χ2n) is 8.71. The first-order chi connectivity index (χ1) is 17.3. The van der Waals surface area contributed by atoms with Crippen LogP contribution >= 0.6 is 22.9 Å². The number of aromatic hydroxyl groups is 1. The Balaban J connectivity index is 1.52. The van der Waals surface area contributed by atoms with Gasteiger partial charge in [-0.3, -0.25) is 19.3 Å². The van der Waals surface area contributed by atoms with E-state index in [-0.39, 0.29) is 24.5 Å². The standard InChI is InChI=1S/C27H24ClN5O2S/c1-15-16(2)36-27-24(15)25(19-6-8-20(28)9-7-19)30-23(26-32-31-17(3)33(26)27)12-22(35)14-29-13-18-4-10-21(34)11-5-18/h4-11,13,23,34H,12,14H2,1-3H3. The van der Waals surface area contributed by atoms with Crippen molar-refractivity contribution in [2.75, 3.05) is 6.54 Å². The predicted octanol–water partition coefficient (Wildman–Crippen LogP) is 5.58. The quantitative estimate of drug-likeness (QED) is 0.338. The highest BCUT2D eigenvalue weighted by Gasteiger charge is 2.32. The summed E-state index contributed by atoms with van der Waals surface area (Å²) in [5.74, 6) is 1.53. The SMILES string of the molecule is Cc1sc2c(c1C)C(c1ccc(Cl)cc1)=NC(CC(=O)CN=Cc1ccc(O)cc1)c1nnc(C)n1-2. The Morgan fingerprint density at radius 2 is 1.83 bits per heavy atom. The molecule has 7 nitrogen and oxygen atoms in total. The average molecular weight is 518 g/mol. The molecule has 1 N–H and O–H groups in total. The van der Waals surface area contributed by atoms with E-state index in [2.05, 4.69) is 29.0 Å². The second-order valence-corrected chi connectivity index (χ2v) is 10.3. The Bertz CT molecular complexity index is 1500. The number of nitrogens with zero attached hydrogens (tertiary/aromatic N) is 5. The molecule has 0 saturated carbocycles. The number of carbonyl (C=O) groups is 1. The fourth-order valence-electron chi connectivity index (χ4n) is 4.23. The second kappa shape index (κ2) is 9.79. The molecule has 0 saturated heterocycles. The lowest BCUT2D eigenvalue weighted by Gasteiger charge is -2.12. The van der Waals surface area contributed by atoms with Gasteiger partial charge < -0.3 is 5.11 Å². The first-order valence-electron chi connectivity index (χ1n) is 11.5. The molecule has 36 heavy (non-hydrogen) atoms. The van der Waals surface area contributed by atoms with Crippen molar-refractivity contribution >= 4 is 40.6 Å². The van der Waals surface area contributed by atoms with E-state index in [4.69, 9.17) is 16.6 Å². The van der Waals surface area contributed by atoms with Crippen LogP contribution in [0.25, 0.3) is 5.00 Å². The summed E-state index contributed by atoms with van der Waals surface area (Å²) in [5, 5.41) is 19.9. The topological polar surface area (TPSA) is 92.7 Å². The molecule has 0 radical (unpaired) electrons. The van der Waals surface area contributed by atoms with Crippen LogP contribution in [0.2, 0.25) is 5.02 Å². The number of benzene rings is 2. The third-order valence-electron chi connectivity index (χ3n) is 6.18. The molecule has 0 bridgehead atoms. The number of carbonyl (C=O) groups excluding carboxylic acids is 1. The van der Waals surface area contributed by atoms with Gasteiger partial charge in [0.25, 0.3) is 0 Å². The van der Waals surface area contributed by atoms with Crippen LogP contribution in [0.3, 0.4) is 0 Å². The number of hydrogen-bond acceptors (Lipinski definition) is 7. The minimum absolute atomic E-state index is 0.0240. The van der Waals surface area contributed by atoms with E-state index in [1.165, 1.54) is 4.88 Å². The summed E-state index contributed by atoms with van der Waals surface area (Å²) < 4.78 is 2.03. The highest BCUT2D eigenvalue weighted by Crippen LogP contribution is 2.39. The highest BCUT2D eigenvalue weighted by molar-refractivity contribution is 7.15. The summed E-state index contributed by atoms with van der Waals surface area (Å²) in [6, 6.07) is 13.8. The Morgan fingerprint density at radius 1 is 1.11 bits per heavy atom. The lowest BCUT2D eigenvalue weighted by atomic mass is 9.99. The Labute approximate surface area is 217 Å². The van der Waals surface area contributed by atoms with Crippen LogP contribution in [-0.2, 0) is 4.79 Å². The number of thiophene rings is 1. The van der Waals surface area contributed by atoms with Crippen LogP contribution in [0.1, 0.15) is 51.2 Å². The molecular formula is C27H24ClN5O2S. The van der Waals surface area contributed by atoms with Gasteiger partial charge in [-0.2, -0.15) is 0 Å². The summed E-state index contributed by atoms with van der Waals surface area (Å²) in [7, 11) is 0. The number of aromatic nitrogens is 3. The molecule has 1 atom stereocenters. The monoisotopic (exact) mass is 517 g/mol. The molecule has 4 aromatic rings. The maximum atomic E-state index is 13.0. The molecule has 182 valence electrons. The van der Waals surface area contributed by atoms with Gasteiger partial charge in [0.2, 0.25) is 0 Å². The lowest BCUT2D eigenvalue weighted by molar-refractivity contribution is -0.118. The van der Waals surface area contributed by atoms with Crippen LogP contribution in [-0.4, -0.2) is 44.1 Å². The van der Waals surface area contributed by atoms with Gasteiger partial charge in [-0.15, -0.1) is 21.5 Å². The molecule has 1 unspecified atom stereocenters. The summed E-state index contributed by atoms with van der Waals surface area (Å²) in [6.07, 6.45) is 1.78. The molecule has 0 spiro atoms. The van der Waals surface area contributed by atoms with Gasteiger partial charge in [0.15, 0.2) is 11.6 Å². The number of hydrogen-bond donors (Lipinski definition) is 1. The number of phenolic OH excluding ortho intramolecular Hbond substituents is 1. The van der Waals surface area contributed by atoms with Crippen LogP contribution < -0.4 is 0 Å². The van der Waals surface area contributed by atoms with Gasteiger partial charge >= 0.3 is 0 Å². The first kappa shape index (κ1) is 24.1. The van der Waals surface area contributed by atoms with E-state index in [0.29, 0.717) is 10.8 Å². The summed E-state index contributed by atoms with van der Waals surface area (Å²) >= 11 is 7.84. The molecule has 1 aliphatic rings. The van der Waals surface area contributed by atoms with Crippen molar-refractivity contribution < 1.29 is 9.90 Å². The average Bonchev–Trinajstić information content (AvgIpc) is 3.33. The number of aryl methyl sites for hydroxylation is 2. The fourth-order valence-corrected chi connectivity index (χ4v) is 5.57. The maximum absolute atomic E-state index is 13.0. The first-order valence-corrected chi connectivity index (χ1v) is 12.7. The van der Waals surface area contributed by atoms with E-state index < -0.39 is 6.04 Å². The van der Waals surface area contributed by atoms with Gasteiger partial charge in [-0.05, 0) is 68.3 Å². The number of halogens is 1. The van der Waals surface area contributed by atoms with Crippen molar-refractivity contribution in [2.45, 2.75) is 33.2 Å². The number of rotatable bonds is 6. The van der Waals surface area contributed by atoms with Crippen molar-refractivity contribution in [3.8, 4) is 10.8 Å². The number of aliphatic imine (C=N–C) groups is 2. The lowest BCUT2D eigenvalue weighted by Crippen LogP contribution is -2.13. The highest BCUT2D eigenvalue weighted by atomic mass is 35.5. The third kappa shape index (κ3) is 4.62. The number of ketones is 1. The molecular weight excluding hydrogens is 494 g/mol. The van der Waals surface area contributed by atoms with E-state index in [9.17, 15) is 9.90 Å². The van der Waals surface area contributed by atoms with Gasteiger partial charge in [-0.25, -0.2) is 0 Å². The molecule has 0 fully saturated rings. The minimum atomic E-state index is -0.507. The van der Waals surface area contributed by atoms with E-state index in [1.54, 1.807) is 41.8 Å². The molecule has 2 aromatic carbocycles. The number of Topliss-reactive ketones (excluding diaryl/α,β-unsaturated/α-hetero) is 1. The van der Waals surface area contributed by atoms with Crippen LogP contribution in [0, 0.1) is 20.8 Å². The Kier molecular flexibility index (Phi) is 6.55. The zero-order valence-corrected chi connectivity index (χ0v) is 21.6. The van der Waals surface area contributed by atoms with Crippen molar-refractivity contribution in [1.82, 2.24) is 14.8 Å². The zero-order chi connectivity index (χ0) is 25.4. The third-order valence-corrected chi connectivity index (χ3v) is 7.62. The predicted molar refractivity (Wildman–Crippen MR) is 143 cm³/mol. The van der Waals surface area contributed by atoms with Crippen LogP contribution in [0.15, 0.2) is 58.5 Å². The van der Waals surface area contributed by atoms with Crippen LogP contribution in [0.4, 0.5) is 0 Å². The van der Waals surface area contributed by atoms with Crippen LogP contribution in [0.5, 0.6) is 5.75 Å². The Hall–Kier alpha value is -3.62. The molecule has 0 aliphatic carbocycles. The number of fused-ring (bicyclic) bond motifs is 3. The smallest absolute Gasteiger partial charge is 0.163 e. The number of phenols is 1. The van der Waals surface area contributed by atoms with Gasteiger partial charge in [0.1, 0.15) is 22.6 Å². The molecule has 9 heteroatoms. The van der Waals surface area contributed by atoms with Gasteiger partial charge in [-0.1, -0.05) is 23.7 Å². The van der Waals surface area contributed by atoms with Crippen molar-refractivity contribution in [3.63, 3.8) is 0 Å². The van der Waals surface area contributed by atoms with E-state index in [1.807, 2.05) is 35.8 Å². The van der Waals surface area contributed by atoms with Gasteiger partial charge in [0.05, 0.1) is 12.3 Å². The van der Waals surface area contributed by atoms with Crippen molar-refractivity contribution in [1.29, 1.82) is 0 Å². The summed E-state index contributed by atoms with van der Waals surface area (Å²) in [6.45, 7) is 6.13. The largest absolute Gasteiger partial charge is 0.508 e. The fraction of sp³-hybridized carbons (Fsp3) is 0.222. The molecule has 3 heterocycles. The normalized spacial score (nSPS) is 14.9. The molecule has 2 aromatic heterocycles. The van der Waals surface area contributed by atoms with Gasteiger partial charge in [0, 0.05) is 33.7 Å². The maximum Gasteiger partial charge on any atom is 0.163 e. The van der Waals surface area contributed by atoms with E-state index in [0.717, 1.165) is 38.8 Å². The van der Waals surface area contributed by atoms with E-state index >= 15 is 0 Å². The van der Waals surface area contributed by atoms with Crippen molar-refractivity contribution in [3.05, 3.63) is 92.3 Å². The molecule has 5 rings (SSSR count). The summed E-state index contributed by atoms with van der Waals surface area (Å²) in [4.78, 5) is 23.6. The van der Waals surface area contributed by atoms with Crippen molar-refractivity contribution in [2.24, 2.45) is 9.98 Å². The molecule has 0 amide bonds. The summed E-state index contributed by atoms with van der Waals surface area (Å²) in [5.41, 5.74) is 4.74. The zero-order valence-electron chi connectivity index (χ0n) is 20.1. The minimum Gasteiger partial charge on any atom is -0.508 e.